The van der Waals surface area contributed by atoms with Crippen LogP contribution in [-0.4, -0.2) is 18.1 Å². The van der Waals surface area contributed by atoms with E-state index in [2.05, 4.69) is 18.3 Å². The average Bonchev–Trinajstić information content (AvgIpc) is 2.97. The molecule has 0 heterocycles. The third kappa shape index (κ3) is 3.98. The number of nitrogens with one attached hydrogen (secondary N) is 1. The molecule has 1 amide bonds. The molecule has 0 unspecified atom stereocenters. The largest absolute Gasteiger partial charge is 0.494 e. The smallest absolute Gasteiger partial charge is 0.252 e. The molecule has 1 aromatic rings. The molecule has 4 heteroatoms. The van der Waals surface area contributed by atoms with Crippen LogP contribution in [0.15, 0.2) is 24.3 Å². The fourth-order valence-corrected chi connectivity index (χ4v) is 2.57. The van der Waals surface area contributed by atoms with E-state index in [1.807, 2.05) is 0 Å². The third-order valence-electron chi connectivity index (χ3n) is 3.91. The Morgan fingerprint density at radius 1 is 1.33 bits per heavy atom. The van der Waals surface area contributed by atoms with Crippen LogP contribution in [0.3, 0.4) is 0 Å². The lowest BCUT2D eigenvalue weighted by molar-refractivity contribution is 0.0920. The Bertz CT molecular complexity index is 511. The Morgan fingerprint density at radius 3 is 2.57 bits per heavy atom. The lowest BCUT2D eigenvalue weighted by Gasteiger charge is -2.22. The quantitative estimate of drug-likeness (QED) is 0.815. The van der Waals surface area contributed by atoms with Crippen molar-refractivity contribution in [2.45, 2.75) is 51.0 Å². The molecule has 1 saturated carbocycles. The molecule has 1 aliphatic rings. The van der Waals surface area contributed by atoms with Gasteiger partial charge < -0.3 is 10.1 Å². The summed E-state index contributed by atoms with van der Waals surface area (Å²) in [7, 11) is 0. The summed E-state index contributed by atoms with van der Waals surface area (Å²) in [5, 5.41) is 12.2. The maximum absolute atomic E-state index is 12.2. The molecule has 2 rings (SSSR count). The number of benzene rings is 1. The summed E-state index contributed by atoms with van der Waals surface area (Å²) in [6.07, 6.45) is 5.60. The minimum absolute atomic E-state index is 0.182. The van der Waals surface area contributed by atoms with Crippen molar-refractivity contribution in [3.63, 3.8) is 0 Å². The summed E-state index contributed by atoms with van der Waals surface area (Å²) < 4.78 is 5.57. The molecule has 1 aliphatic carbocycles. The number of unbranched alkanes of at least 4 members (excludes halogenated alkanes) is 1. The molecular weight excluding hydrogens is 264 g/mol. The molecule has 0 aliphatic heterocycles. The first-order chi connectivity index (χ1) is 10.2. The van der Waals surface area contributed by atoms with Crippen molar-refractivity contribution in [1.29, 1.82) is 5.26 Å². The molecule has 1 aromatic carbocycles. The molecular formula is C17H22N2O2. The van der Waals surface area contributed by atoms with Crippen molar-refractivity contribution in [2.75, 3.05) is 6.61 Å². The molecule has 21 heavy (non-hydrogen) atoms. The number of ether oxygens (including phenoxy) is 1. The zero-order valence-electron chi connectivity index (χ0n) is 12.5. The molecule has 1 fully saturated rings. The van der Waals surface area contributed by atoms with E-state index >= 15 is 0 Å². The average molecular weight is 286 g/mol. The number of rotatable bonds is 6. The highest BCUT2D eigenvalue weighted by atomic mass is 16.5. The Labute approximate surface area is 126 Å². The summed E-state index contributed by atoms with van der Waals surface area (Å²) >= 11 is 0. The van der Waals surface area contributed by atoms with Gasteiger partial charge in [-0.05, 0) is 56.4 Å². The highest BCUT2D eigenvalue weighted by molar-refractivity contribution is 5.95. The maximum atomic E-state index is 12.2. The Balaban J connectivity index is 1.95. The van der Waals surface area contributed by atoms with E-state index in [9.17, 15) is 10.1 Å². The molecule has 0 atom stereocenters. The van der Waals surface area contributed by atoms with E-state index in [-0.39, 0.29) is 5.91 Å². The van der Waals surface area contributed by atoms with E-state index in [4.69, 9.17) is 4.74 Å². The van der Waals surface area contributed by atoms with Gasteiger partial charge in [0, 0.05) is 5.56 Å². The minimum Gasteiger partial charge on any atom is -0.494 e. The zero-order valence-corrected chi connectivity index (χ0v) is 12.5. The standard InChI is InChI=1S/C17H22N2O2/c1-2-3-12-21-15-8-6-14(7-9-15)16(20)19-17(13-18)10-4-5-11-17/h6-9H,2-5,10-12H2,1H3,(H,19,20). The molecule has 1 N–H and O–H groups in total. The van der Waals surface area contributed by atoms with Crippen molar-refractivity contribution in [2.24, 2.45) is 0 Å². The highest BCUT2D eigenvalue weighted by Gasteiger charge is 2.35. The molecule has 0 saturated heterocycles. The SMILES string of the molecule is CCCCOc1ccc(C(=O)NC2(C#N)CCCC2)cc1. The number of carbonyl (C=O) groups excluding carboxylic acids is 1. The van der Waals surface area contributed by atoms with Crippen molar-refractivity contribution in [3.8, 4) is 11.8 Å². The number of carbonyl (C=O) groups is 1. The Hall–Kier alpha value is -2.02. The molecule has 0 bridgehead atoms. The molecule has 0 aromatic heterocycles. The molecule has 0 spiro atoms. The van der Waals surface area contributed by atoms with Crippen LogP contribution in [-0.2, 0) is 0 Å². The number of nitrogens with zero attached hydrogens (tertiary/aromatic N) is 1. The third-order valence-corrected chi connectivity index (χ3v) is 3.91. The van der Waals surface area contributed by atoms with E-state index in [1.165, 1.54) is 0 Å². The van der Waals surface area contributed by atoms with Gasteiger partial charge in [-0.1, -0.05) is 13.3 Å². The van der Waals surface area contributed by atoms with Gasteiger partial charge in [-0.15, -0.1) is 0 Å². The number of nitriles is 1. The van der Waals surface area contributed by atoms with Crippen molar-refractivity contribution < 1.29 is 9.53 Å². The zero-order chi connectivity index (χ0) is 15.1. The van der Waals surface area contributed by atoms with Gasteiger partial charge in [-0.25, -0.2) is 0 Å². The van der Waals surface area contributed by atoms with Crippen LogP contribution in [0.5, 0.6) is 5.75 Å². The van der Waals surface area contributed by atoms with Crippen LogP contribution < -0.4 is 10.1 Å². The molecule has 112 valence electrons. The predicted octanol–water partition coefficient (Wildman–Crippen LogP) is 3.43. The summed E-state index contributed by atoms with van der Waals surface area (Å²) in [4.78, 5) is 12.2. The monoisotopic (exact) mass is 286 g/mol. The topological polar surface area (TPSA) is 62.1 Å². The van der Waals surface area contributed by atoms with Gasteiger partial charge in [0.2, 0.25) is 0 Å². The Morgan fingerprint density at radius 2 is 2.00 bits per heavy atom. The normalized spacial score (nSPS) is 16.2. The van der Waals surface area contributed by atoms with Gasteiger partial charge in [0.15, 0.2) is 0 Å². The number of hydrogen-bond donors (Lipinski definition) is 1. The summed E-state index contributed by atoms with van der Waals surface area (Å²) in [6, 6.07) is 9.37. The summed E-state index contributed by atoms with van der Waals surface area (Å²) in [6.45, 7) is 2.81. The van der Waals surface area contributed by atoms with Crippen LogP contribution in [0.1, 0.15) is 55.8 Å². The minimum atomic E-state index is -0.673. The van der Waals surface area contributed by atoms with Crippen LogP contribution in [0, 0.1) is 11.3 Å². The van der Waals surface area contributed by atoms with E-state index in [0.29, 0.717) is 12.2 Å². The van der Waals surface area contributed by atoms with Crippen molar-refractivity contribution >= 4 is 5.91 Å². The first kappa shape index (κ1) is 15.4. The second kappa shape index (κ2) is 7.12. The van der Waals surface area contributed by atoms with Gasteiger partial charge in [-0.3, -0.25) is 4.79 Å². The number of amides is 1. The lowest BCUT2D eigenvalue weighted by Crippen LogP contribution is -2.45. The molecule has 4 nitrogen and oxygen atoms in total. The van der Waals surface area contributed by atoms with Crippen LogP contribution in [0.2, 0.25) is 0 Å². The first-order valence-electron chi connectivity index (χ1n) is 7.66. The van der Waals surface area contributed by atoms with E-state index in [1.54, 1.807) is 24.3 Å². The highest BCUT2D eigenvalue weighted by Crippen LogP contribution is 2.29. The van der Waals surface area contributed by atoms with Gasteiger partial charge in [0.25, 0.3) is 5.91 Å². The fourth-order valence-electron chi connectivity index (χ4n) is 2.57. The van der Waals surface area contributed by atoms with Gasteiger partial charge in [0.05, 0.1) is 12.7 Å². The first-order valence-corrected chi connectivity index (χ1v) is 7.66. The summed E-state index contributed by atoms with van der Waals surface area (Å²) in [5.74, 6) is 0.592. The Kier molecular flexibility index (Phi) is 5.21. The second-order valence-electron chi connectivity index (χ2n) is 5.58. The lowest BCUT2D eigenvalue weighted by atomic mass is 9.99. The van der Waals surface area contributed by atoms with Gasteiger partial charge in [-0.2, -0.15) is 5.26 Å². The number of hydrogen-bond acceptors (Lipinski definition) is 3. The predicted molar refractivity (Wildman–Crippen MR) is 81.1 cm³/mol. The van der Waals surface area contributed by atoms with Crippen LogP contribution in [0.25, 0.3) is 0 Å². The van der Waals surface area contributed by atoms with Crippen molar-refractivity contribution in [1.82, 2.24) is 5.32 Å². The van der Waals surface area contributed by atoms with E-state index < -0.39 is 5.54 Å². The fraction of sp³-hybridized carbons (Fsp3) is 0.529. The van der Waals surface area contributed by atoms with Crippen molar-refractivity contribution in [3.05, 3.63) is 29.8 Å². The maximum Gasteiger partial charge on any atom is 0.252 e. The van der Waals surface area contributed by atoms with Gasteiger partial charge >= 0.3 is 0 Å². The van der Waals surface area contributed by atoms with Crippen LogP contribution >= 0.6 is 0 Å². The summed E-state index contributed by atoms with van der Waals surface area (Å²) in [5.41, 5.74) is -0.104. The van der Waals surface area contributed by atoms with Crippen LogP contribution in [0.4, 0.5) is 0 Å². The van der Waals surface area contributed by atoms with E-state index in [0.717, 1.165) is 44.3 Å². The molecule has 0 radical (unpaired) electrons. The van der Waals surface area contributed by atoms with Gasteiger partial charge in [0.1, 0.15) is 11.3 Å². The second-order valence-corrected chi connectivity index (χ2v) is 5.58.